The van der Waals surface area contributed by atoms with Crippen molar-refractivity contribution in [3.05, 3.63) is 70.4 Å². The summed E-state index contributed by atoms with van der Waals surface area (Å²) in [5, 5.41) is 4.46. The molecule has 6 nitrogen and oxygen atoms in total. The van der Waals surface area contributed by atoms with E-state index in [-0.39, 0.29) is 43.1 Å². The highest BCUT2D eigenvalue weighted by atomic mass is 35.5. The van der Waals surface area contributed by atoms with E-state index in [2.05, 4.69) is 5.32 Å². The van der Waals surface area contributed by atoms with Crippen molar-refractivity contribution in [1.82, 2.24) is 14.8 Å². The van der Waals surface area contributed by atoms with Gasteiger partial charge in [-0.25, -0.2) is 4.39 Å². The molecule has 8 heteroatoms. The molecule has 3 aromatic rings. The summed E-state index contributed by atoms with van der Waals surface area (Å²) in [4.78, 5) is 39.8. The number of carbonyl (C=O) groups is 3. The number of alkyl halides is 1. The quantitative estimate of drug-likeness (QED) is 0.554. The van der Waals surface area contributed by atoms with Crippen LogP contribution >= 0.6 is 11.6 Å². The van der Waals surface area contributed by atoms with Gasteiger partial charge in [0.1, 0.15) is 18.8 Å². The number of halogens is 2. The Hall–Kier alpha value is -3.19. The van der Waals surface area contributed by atoms with Crippen molar-refractivity contribution < 1.29 is 18.8 Å². The first-order chi connectivity index (χ1) is 16.3. The van der Waals surface area contributed by atoms with E-state index < -0.39 is 12.2 Å². The first kappa shape index (κ1) is 22.6. The highest BCUT2D eigenvalue weighted by Gasteiger charge is 2.41. The smallest absolute Gasteiger partial charge is 0.243 e. The van der Waals surface area contributed by atoms with E-state index in [0.717, 1.165) is 28.5 Å². The van der Waals surface area contributed by atoms with Gasteiger partial charge >= 0.3 is 0 Å². The molecule has 1 saturated heterocycles. The second-order valence-electron chi connectivity index (χ2n) is 9.05. The van der Waals surface area contributed by atoms with Crippen molar-refractivity contribution in [2.45, 2.75) is 51.0 Å². The van der Waals surface area contributed by atoms with Gasteiger partial charge in [-0.3, -0.25) is 14.4 Å². The highest BCUT2D eigenvalue weighted by Crippen LogP contribution is 2.36. The van der Waals surface area contributed by atoms with Gasteiger partial charge in [0.15, 0.2) is 5.78 Å². The normalized spacial score (nSPS) is 21.6. The number of rotatable bonds is 5. The molecule has 0 spiro atoms. The average Bonchev–Trinajstić information content (AvgIpc) is 3.50. The summed E-state index contributed by atoms with van der Waals surface area (Å²) < 4.78 is 16.1. The van der Waals surface area contributed by atoms with Crippen LogP contribution in [0, 0.1) is 0 Å². The van der Waals surface area contributed by atoms with Crippen LogP contribution in [0.3, 0.4) is 0 Å². The van der Waals surface area contributed by atoms with E-state index in [9.17, 15) is 18.8 Å². The van der Waals surface area contributed by atoms with Crippen LogP contribution < -0.4 is 5.32 Å². The largest absolute Gasteiger partial charge is 0.347 e. The predicted molar refractivity (Wildman–Crippen MR) is 128 cm³/mol. The number of fused-ring (bicyclic) bond motifs is 2. The zero-order valence-electron chi connectivity index (χ0n) is 18.8. The molecule has 5 rings (SSSR count). The van der Waals surface area contributed by atoms with Gasteiger partial charge in [0, 0.05) is 34.1 Å². The third kappa shape index (κ3) is 3.98. The van der Waals surface area contributed by atoms with Gasteiger partial charge in [-0.15, -0.1) is 0 Å². The van der Waals surface area contributed by atoms with Crippen LogP contribution in [-0.4, -0.2) is 45.8 Å². The van der Waals surface area contributed by atoms with Crippen molar-refractivity contribution in [1.29, 1.82) is 0 Å². The third-order valence-corrected chi connectivity index (χ3v) is 7.23. The fourth-order valence-electron chi connectivity index (χ4n) is 5.23. The Balaban J connectivity index is 1.34. The average molecular weight is 482 g/mol. The van der Waals surface area contributed by atoms with Crippen LogP contribution in [0.15, 0.2) is 48.7 Å². The number of amides is 2. The lowest BCUT2D eigenvalue weighted by molar-refractivity contribution is -0.139. The Bertz CT molecular complexity index is 1300. The SMILES string of the molecule is CC(=O)c1cn(CC(=O)N2C[C@H](F)C[C@H]2C(=O)NC2CCc3c(Cl)cccc32)c2ccccc12. The Morgan fingerprint density at radius 2 is 1.94 bits per heavy atom. The third-order valence-electron chi connectivity index (χ3n) is 6.88. The molecular formula is C26H25ClFN3O3. The molecule has 2 amide bonds. The topological polar surface area (TPSA) is 71.4 Å². The van der Waals surface area contributed by atoms with Crippen molar-refractivity contribution in [2.24, 2.45) is 0 Å². The number of hydrogen-bond acceptors (Lipinski definition) is 3. The molecule has 34 heavy (non-hydrogen) atoms. The number of carbonyl (C=O) groups excluding carboxylic acids is 3. The number of hydrogen-bond donors (Lipinski definition) is 1. The van der Waals surface area contributed by atoms with Gasteiger partial charge < -0.3 is 14.8 Å². The van der Waals surface area contributed by atoms with Crippen molar-refractivity contribution in [3.8, 4) is 0 Å². The van der Waals surface area contributed by atoms with E-state index >= 15 is 0 Å². The van der Waals surface area contributed by atoms with E-state index in [1.54, 1.807) is 10.8 Å². The van der Waals surface area contributed by atoms with Crippen LogP contribution in [0.4, 0.5) is 4.39 Å². The summed E-state index contributed by atoms with van der Waals surface area (Å²) in [6.07, 6.45) is 1.84. The molecule has 0 radical (unpaired) electrons. The zero-order valence-corrected chi connectivity index (χ0v) is 19.5. The lowest BCUT2D eigenvalue weighted by atomic mass is 10.1. The number of likely N-dealkylation sites (tertiary alicyclic amines) is 1. The lowest BCUT2D eigenvalue weighted by Gasteiger charge is -2.25. The van der Waals surface area contributed by atoms with Crippen LogP contribution in [0.5, 0.6) is 0 Å². The van der Waals surface area contributed by atoms with Crippen LogP contribution in [0.1, 0.15) is 47.3 Å². The Morgan fingerprint density at radius 1 is 1.15 bits per heavy atom. The second kappa shape index (κ2) is 8.87. The highest BCUT2D eigenvalue weighted by molar-refractivity contribution is 6.31. The second-order valence-corrected chi connectivity index (χ2v) is 9.45. The lowest BCUT2D eigenvalue weighted by Crippen LogP contribution is -2.47. The minimum Gasteiger partial charge on any atom is -0.347 e. The molecule has 1 N–H and O–H groups in total. The van der Waals surface area contributed by atoms with Crippen molar-refractivity contribution in [2.75, 3.05) is 6.54 Å². The van der Waals surface area contributed by atoms with Gasteiger partial charge in [-0.05, 0) is 43.0 Å². The van der Waals surface area contributed by atoms with Gasteiger partial charge in [-0.2, -0.15) is 0 Å². The first-order valence-electron chi connectivity index (χ1n) is 11.4. The first-order valence-corrected chi connectivity index (χ1v) is 11.8. The Labute approximate surface area is 201 Å². The number of Topliss-reactive ketones (excluding diaryl/α,β-unsaturated/α-hetero) is 1. The van der Waals surface area contributed by atoms with Crippen molar-refractivity contribution in [3.63, 3.8) is 0 Å². The summed E-state index contributed by atoms with van der Waals surface area (Å²) in [6.45, 7) is 1.28. The summed E-state index contributed by atoms with van der Waals surface area (Å²) in [5.41, 5.74) is 3.28. The maximum atomic E-state index is 14.4. The molecule has 2 aromatic carbocycles. The van der Waals surface area contributed by atoms with Crippen LogP contribution in [0.2, 0.25) is 5.02 Å². The van der Waals surface area contributed by atoms with E-state index in [1.807, 2.05) is 42.5 Å². The molecule has 2 aliphatic rings. The number of nitrogens with zero attached hydrogens (tertiary/aromatic N) is 2. The van der Waals surface area contributed by atoms with Crippen molar-refractivity contribution >= 4 is 40.1 Å². The molecule has 1 aliphatic carbocycles. The van der Waals surface area contributed by atoms with Gasteiger partial charge in [0.05, 0.1) is 12.6 Å². The molecule has 1 aromatic heterocycles. The van der Waals surface area contributed by atoms with Gasteiger partial charge in [-0.1, -0.05) is 41.9 Å². The van der Waals surface area contributed by atoms with E-state index in [0.29, 0.717) is 17.0 Å². The maximum absolute atomic E-state index is 14.4. The minimum absolute atomic E-state index is 0.0299. The molecule has 2 heterocycles. The fraction of sp³-hybridized carbons (Fsp3) is 0.346. The zero-order chi connectivity index (χ0) is 24.0. The molecule has 0 saturated carbocycles. The fourth-order valence-corrected chi connectivity index (χ4v) is 5.51. The summed E-state index contributed by atoms with van der Waals surface area (Å²) in [5.74, 6) is -0.805. The minimum atomic E-state index is -1.26. The van der Waals surface area contributed by atoms with Gasteiger partial charge in [0.25, 0.3) is 0 Å². The number of para-hydroxylation sites is 1. The molecule has 1 fully saturated rings. The summed E-state index contributed by atoms with van der Waals surface area (Å²) >= 11 is 6.28. The molecule has 1 aliphatic heterocycles. The Kier molecular flexibility index (Phi) is 5.90. The molecule has 176 valence electrons. The molecule has 3 atom stereocenters. The monoisotopic (exact) mass is 481 g/mol. The Morgan fingerprint density at radius 3 is 2.74 bits per heavy atom. The van der Waals surface area contributed by atoms with E-state index in [4.69, 9.17) is 11.6 Å². The molecule has 1 unspecified atom stereocenters. The number of benzene rings is 2. The van der Waals surface area contributed by atoms with Gasteiger partial charge in [0.2, 0.25) is 11.8 Å². The molecular weight excluding hydrogens is 457 g/mol. The number of aromatic nitrogens is 1. The summed E-state index contributed by atoms with van der Waals surface area (Å²) in [7, 11) is 0. The number of ketones is 1. The maximum Gasteiger partial charge on any atom is 0.243 e. The van der Waals surface area contributed by atoms with Crippen LogP contribution in [-0.2, 0) is 22.6 Å². The van der Waals surface area contributed by atoms with E-state index in [1.165, 1.54) is 11.8 Å². The summed E-state index contributed by atoms with van der Waals surface area (Å²) in [6, 6.07) is 11.9. The number of nitrogens with one attached hydrogen (secondary N) is 1. The van der Waals surface area contributed by atoms with Crippen LogP contribution in [0.25, 0.3) is 10.9 Å². The standard InChI is InChI=1S/C26H25ClFN3O3/c1-15(32)20-13-30(23-8-3-2-5-19(20)23)14-25(33)31-12-16(28)11-24(31)26(34)29-22-10-9-17-18(22)6-4-7-21(17)27/h2-8,13,16,22,24H,9-12,14H2,1H3,(H,29,34)/t16-,22?,24+/m1/s1. The predicted octanol–water partition coefficient (Wildman–Crippen LogP) is 4.24. The molecule has 0 bridgehead atoms.